The lowest BCUT2D eigenvalue weighted by Gasteiger charge is -2.06. The van der Waals surface area contributed by atoms with E-state index < -0.39 is 5.97 Å². The number of anilines is 1. The second kappa shape index (κ2) is 6.10. The molecule has 0 aromatic carbocycles. The topological polar surface area (TPSA) is 79.3 Å². The van der Waals surface area contributed by atoms with E-state index in [1.165, 1.54) is 18.3 Å². The van der Waals surface area contributed by atoms with Crippen molar-refractivity contribution in [2.24, 2.45) is 0 Å². The Hall–Kier alpha value is -2.21. The van der Waals surface area contributed by atoms with Gasteiger partial charge < -0.3 is 10.4 Å². The van der Waals surface area contributed by atoms with E-state index >= 15 is 0 Å². The molecule has 0 aliphatic heterocycles. The predicted molar refractivity (Wildman–Crippen MR) is 72.5 cm³/mol. The van der Waals surface area contributed by atoms with Crippen LogP contribution in [0.4, 0.5) is 5.82 Å². The number of nitrogens with zero attached hydrogens (tertiary/aromatic N) is 1. The van der Waals surface area contributed by atoms with E-state index in [1.54, 1.807) is 11.3 Å². The van der Waals surface area contributed by atoms with Gasteiger partial charge in [-0.1, -0.05) is 6.07 Å². The monoisotopic (exact) mass is 276 g/mol. The molecule has 0 fully saturated rings. The number of aromatic nitrogens is 1. The number of rotatable bonds is 5. The number of hydrogen-bond donors (Lipinski definition) is 2. The molecule has 0 aliphatic rings. The first-order valence-electron chi connectivity index (χ1n) is 5.67. The molecule has 2 rings (SSSR count). The molecule has 5 nitrogen and oxygen atoms in total. The average molecular weight is 276 g/mol. The molecule has 0 spiro atoms. The summed E-state index contributed by atoms with van der Waals surface area (Å²) in [6.07, 6.45) is 2.39. The maximum absolute atomic E-state index is 11.7. The van der Waals surface area contributed by atoms with Crippen LogP contribution in [0.2, 0.25) is 0 Å². The number of carboxylic acids is 1. The van der Waals surface area contributed by atoms with Gasteiger partial charge in [0.05, 0.1) is 0 Å². The molecule has 0 saturated carbocycles. The first-order valence-corrected chi connectivity index (χ1v) is 6.55. The third-order valence-corrected chi connectivity index (χ3v) is 3.41. The summed E-state index contributed by atoms with van der Waals surface area (Å²) in [4.78, 5) is 27.7. The Balaban J connectivity index is 1.97. The van der Waals surface area contributed by atoms with E-state index in [9.17, 15) is 9.59 Å². The van der Waals surface area contributed by atoms with Crippen molar-refractivity contribution in [3.8, 4) is 0 Å². The van der Waals surface area contributed by atoms with Crippen LogP contribution in [-0.4, -0.2) is 22.0 Å². The number of aromatic carboxylic acids is 1. The zero-order valence-electron chi connectivity index (χ0n) is 10.00. The lowest BCUT2D eigenvalue weighted by Crippen LogP contribution is -2.16. The van der Waals surface area contributed by atoms with Gasteiger partial charge in [-0.05, 0) is 30.0 Å². The van der Waals surface area contributed by atoms with Crippen LogP contribution in [0.3, 0.4) is 0 Å². The van der Waals surface area contributed by atoms with Crippen molar-refractivity contribution in [3.63, 3.8) is 0 Å². The Morgan fingerprint density at radius 1 is 1.32 bits per heavy atom. The summed E-state index contributed by atoms with van der Waals surface area (Å²) < 4.78 is 0. The van der Waals surface area contributed by atoms with Gasteiger partial charge >= 0.3 is 5.97 Å². The number of pyridine rings is 1. The zero-order chi connectivity index (χ0) is 13.7. The minimum absolute atomic E-state index is 0.00743. The van der Waals surface area contributed by atoms with Gasteiger partial charge in [-0.3, -0.25) is 4.79 Å². The normalized spacial score (nSPS) is 10.1. The highest BCUT2D eigenvalue weighted by Crippen LogP contribution is 2.14. The van der Waals surface area contributed by atoms with E-state index in [1.807, 2.05) is 17.5 Å². The quantitative estimate of drug-likeness (QED) is 0.879. The fourth-order valence-corrected chi connectivity index (χ4v) is 2.27. The van der Waals surface area contributed by atoms with E-state index in [0.717, 1.165) is 4.88 Å². The van der Waals surface area contributed by atoms with E-state index in [4.69, 9.17) is 5.11 Å². The Bertz CT molecular complexity index is 581. The van der Waals surface area contributed by atoms with Crippen molar-refractivity contribution >= 4 is 29.0 Å². The predicted octanol–water partition coefficient (Wildman–Crippen LogP) is 2.41. The summed E-state index contributed by atoms with van der Waals surface area (Å²) in [5.74, 6) is -1.26. The molecule has 0 saturated heterocycles. The minimum atomic E-state index is -1.11. The van der Waals surface area contributed by atoms with Crippen LogP contribution in [0.5, 0.6) is 0 Å². The number of amides is 1. The molecule has 0 aliphatic carbocycles. The molecule has 2 aromatic heterocycles. The van der Waals surface area contributed by atoms with E-state index in [-0.39, 0.29) is 17.3 Å². The summed E-state index contributed by atoms with van der Waals surface area (Å²) in [7, 11) is 0. The number of hydrogen-bond acceptors (Lipinski definition) is 4. The molecule has 2 aromatic rings. The molecule has 19 heavy (non-hydrogen) atoms. The lowest BCUT2D eigenvalue weighted by molar-refractivity contribution is -0.116. The molecular formula is C13H12N2O3S. The second-order valence-corrected chi connectivity index (χ2v) is 4.86. The van der Waals surface area contributed by atoms with Crippen molar-refractivity contribution in [2.75, 3.05) is 5.32 Å². The van der Waals surface area contributed by atoms with Crippen molar-refractivity contribution in [1.82, 2.24) is 4.98 Å². The molecule has 2 N–H and O–H groups in total. The number of thiophene rings is 1. The first kappa shape index (κ1) is 13.2. The summed E-state index contributed by atoms with van der Waals surface area (Å²) >= 11 is 1.59. The fourth-order valence-electron chi connectivity index (χ4n) is 1.56. The third-order valence-electron chi connectivity index (χ3n) is 2.47. The zero-order valence-corrected chi connectivity index (χ0v) is 10.8. The standard InChI is InChI=1S/C13H12N2O3S/c16-11(6-5-9-3-2-8-19-9)15-12-10(13(17)18)4-1-7-14-12/h1-4,7-8H,5-6H2,(H,17,18)(H,14,15,16). The average Bonchev–Trinajstić information content (AvgIpc) is 2.90. The van der Waals surface area contributed by atoms with Gasteiger partial charge in [-0.15, -0.1) is 11.3 Å². The van der Waals surface area contributed by atoms with Gasteiger partial charge in [-0.25, -0.2) is 9.78 Å². The molecule has 0 radical (unpaired) electrons. The van der Waals surface area contributed by atoms with Gasteiger partial charge in [-0.2, -0.15) is 0 Å². The van der Waals surface area contributed by atoms with Crippen LogP contribution in [-0.2, 0) is 11.2 Å². The fraction of sp³-hybridized carbons (Fsp3) is 0.154. The Morgan fingerprint density at radius 3 is 2.84 bits per heavy atom. The summed E-state index contributed by atoms with van der Waals surface area (Å²) in [6, 6.07) is 6.82. The maximum atomic E-state index is 11.7. The van der Waals surface area contributed by atoms with Gasteiger partial charge in [0, 0.05) is 17.5 Å². The molecular weight excluding hydrogens is 264 g/mol. The van der Waals surface area contributed by atoms with Gasteiger partial charge in [0.1, 0.15) is 11.4 Å². The minimum Gasteiger partial charge on any atom is -0.478 e. The van der Waals surface area contributed by atoms with Gasteiger partial charge in [0.15, 0.2) is 0 Å². The molecule has 6 heteroatoms. The van der Waals surface area contributed by atoms with E-state index in [0.29, 0.717) is 12.8 Å². The second-order valence-electron chi connectivity index (χ2n) is 3.83. The Morgan fingerprint density at radius 2 is 2.16 bits per heavy atom. The largest absolute Gasteiger partial charge is 0.478 e. The van der Waals surface area contributed by atoms with Crippen LogP contribution in [0.25, 0.3) is 0 Å². The van der Waals surface area contributed by atoms with Crippen molar-refractivity contribution in [2.45, 2.75) is 12.8 Å². The van der Waals surface area contributed by atoms with Gasteiger partial charge in [0.25, 0.3) is 0 Å². The lowest BCUT2D eigenvalue weighted by atomic mass is 10.2. The van der Waals surface area contributed by atoms with Crippen LogP contribution >= 0.6 is 11.3 Å². The highest BCUT2D eigenvalue weighted by Gasteiger charge is 2.13. The van der Waals surface area contributed by atoms with Crippen LogP contribution in [0, 0.1) is 0 Å². The van der Waals surface area contributed by atoms with Crippen molar-refractivity contribution in [3.05, 3.63) is 46.3 Å². The molecule has 1 amide bonds. The first-order chi connectivity index (χ1) is 9.16. The van der Waals surface area contributed by atoms with Crippen LogP contribution < -0.4 is 5.32 Å². The summed E-state index contributed by atoms with van der Waals surface area (Å²) in [6.45, 7) is 0. The van der Waals surface area contributed by atoms with Crippen molar-refractivity contribution in [1.29, 1.82) is 0 Å². The van der Waals surface area contributed by atoms with Crippen molar-refractivity contribution < 1.29 is 14.7 Å². The highest BCUT2D eigenvalue weighted by molar-refractivity contribution is 7.09. The number of carboxylic acid groups (broad SMARTS) is 1. The molecule has 0 atom stereocenters. The number of carbonyl (C=O) groups is 2. The maximum Gasteiger partial charge on any atom is 0.339 e. The van der Waals surface area contributed by atoms with Gasteiger partial charge in [0.2, 0.25) is 5.91 Å². The molecule has 0 unspecified atom stereocenters. The van der Waals surface area contributed by atoms with Crippen LogP contribution in [0.1, 0.15) is 21.7 Å². The highest BCUT2D eigenvalue weighted by atomic mass is 32.1. The molecule has 0 bridgehead atoms. The Labute approximate surface area is 113 Å². The third kappa shape index (κ3) is 3.62. The Kier molecular flexibility index (Phi) is 4.25. The SMILES string of the molecule is O=C(CCc1cccs1)Nc1ncccc1C(=O)O. The summed E-state index contributed by atoms with van der Waals surface area (Å²) in [5.41, 5.74) is -0.00743. The number of nitrogens with one attached hydrogen (secondary N) is 1. The number of aryl methyl sites for hydroxylation is 1. The van der Waals surface area contributed by atoms with E-state index in [2.05, 4.69) is 10.3 Å². The smallest absolute Gasteiger partial charge is 0.339 e. The molecule has 98 valence electrons. The number of carbonyl (C=O) groups excluding carboxylic acids is 1. The summed E-state index contributed by atoms with van der Waals surface area (Å²) in [5, 5.41) is 13.4. The van der Waals surface area contributed by atoms with Crippen LogP contribution in [0.15, 0.2) is 35.8 Å². The molecule has 2 heterocycles.